The number of hydrogen-bond donors (Lipinski definition) is 8. The molecule has 40 heavy (non-hydrogen) atoms. The minimum absolute atomic E-state index is 0.0754. The van der Waals surface area contributed by atoms with Gasteiger partial charge in [0.1, 0.15) is 23.8 Å². The van der Waals surface area contributed by atoms with Gasteiger partial charge in [0.15, 0.2) is 22.8 Å². The Hall–Kier alpha value is -1.05. The van der Waals surface area contributed by atoms with Crippen LogP contribution < -0.4 is 11.5 Å². The lowest BCUT2D eigenvalue weighted by Crippen LogP contribution is -2.33. The van der Waals surface area contributed by atoms with Gasteiger partial charge >= 0.3 is 23.5 Å². The number of imidazole rings is 1. The Kier molecular flexibility index (Phi) is 11.7. The number of nitrogens with two attached hydrogens (primary N) is 2. The molecule has 10 N–H and O–H groups in total. The molecule has 3 rings (SSSR count). The highest BCUT2D eigenvalue weighted by Crippen LogP contribution is 2.66. The molecule has 0 amide bonds. The fourth-order valence-corrected chi connectivity index (χ4v) is 7.55. The lowest BCUT2D eigenvalue weighted by atomic mass is 10.1. The predicted molar refractivity (Wildman–Crippen MR) is 138 cm³/mol. The monoisotopic (exact) mass is 652 g/mol. The molecule has 0 radical (unpaired) electrons. The maximum absolute atomic E-state index is 12.0. The van der Waals surface area contributed by atoms with Crippen LogP contribution in [0.2, 0.25) is 0 Å². The second kappa shape index (κ2) is 13.9. The van der Waals surface area contributed by atoms with Crippen LogP contribution in [0.1, 0.15) is 38.3 Å². The van der Waals surface area contributed by atoms with Crippen LogP contribution in [0.25, 0.3) is 11.2 Å². The first-order valence-electron chi connectivity index (χ1n) is 11.8. The first-order valence-corrected chi connectivity index (χ1v) is 17.3. The summed E-state index contributed by atoms with van der Waals surface area (Å²) in [6.45, 7) is -0.297. The number of anilines is 1. The standard InChI is InChI=1S/C17H31N6O13P3S/c18-6-4-2-1-3-5-7-40-17-21-14(19)11-15(22-17)23(9-20-11)16-13(25)12(24)10(34-16)8-33-38(29,30)36-39(31,32)35-37(26,27)28/h9-10,12-13,16,24-25H,1-8,18H2,(H,29,30)(H,31,32)(H2,19,21,22)(H2,26,27,28)/t10-,12-,13-,16?/m1/s1. The van der Waals surface area contributed by atoms with Gasteiger partial charge < -0.3 is 46.0 Å². The molecular weight excluding hydrogens is 621 g/mol. The van der Waals surface area contributed by atoms with E-state index in [1.807, 2.05) is 0 Å². The van der Waals surface area contributed by atoms with Crippen molar-refractivity contribution in [1.29, 1.82) is 0 Å². The maximum Gasteiger partial charge on any atom is 0.490 e. The Bertz CT molecular complexity index is 1300. The van der Waals surface area contributed by atoms with Crippen LogP contribution in [0.15, 0.2) is 11.5 Å². The highest BCUT2D eigenvalue weighted by atomic mass is 32.2. The summed E-state index contributed by atoms with van der Waals surface area (Å²) in [5, 5.41) is 21.3. The first kappa shape index (κ1) is 33.5. The zero-order valence-electron chi connectivity index (χ0n) is 20.8. The first-order chi connectivity index (χ1) is 18.6. The summed E-state index contributed by atoms with van der Waals surface area (Å²) in [7, 11) is -16.8. The molecule has 0 aliphatic carbocycles. The van der Waals surface area contributed by atoms with Gasteiger partial charge in [0.25, 0.3) is 0 Å². The summed E-state index contributed by atoms with van der Waals surface area (Å²) in [6.07, 6.45) is 0.189. The van der Waals surface area contributed by atoms with Crippen molar-refractivity contribution in [3.8, 4) is 0 Å². The van der Waals surface area contributed by atoms with Crippen molar-refractivity contribution in [2.45, 2.75) is 61.8 Å². The maximum atomic E-state index is 12.0. The molecular formula is C17H31N6O13P3S. The van der Waals surface area contributed by atoms with Crippen LogP contribution in [0, 0.1) is 0 Å². The highest BCUT2D eigenvalue weighted by molar-refractivity contribution is 7.99. The number of fused-ring (bicyclic) bond motifs is 1. The van der Waals surface area contributed by atoms with Crippen molar-refractivity contribution in [3.05, 3.63) is 6.33 Å². The van der Waals surface area contributed by atoms with Crippen molar-refractivity contribution >= 4 is 52.2 Å². The number of nitrogens with zero attached hydrogens (tertiary/aromatic N) is 4. The minimum Gasteiger partial charge on any atom is -0.387 e. The third-order valence-electron chi connectivity index (χ3n) is 5.44. The normalized spacial score (nSPS) is 24.8. The highest BCUT2D eigenvalue weighted by Gasteiger charge is 2.47. The zero-order chi connectivity index (χ0) is 29.7. The van der Waals surface area contributed by atoms with E-state index in [-0.39, 0.29) is 17.0 Å². The van der Waals surface area contributed by atoms with Crippen LogP contribution in [-0.4, -0.2) is 86.5 Å². The molecule has 0 spiro atoms. The lowest BCUT2D eigenvalue weighted by molar-refractivity contribution is -0.0503. The molecule has 1 aliphatic heterocycles. The molecule has 0 aromatic carbocycles. The number of aliphatic hydroxyl groups is 2. The SMILES string of the molecule is NCCCCCCCSc1nc(N)c2ncn(C3O[C@H](COP(=O)(O)OP(=O)(O)OP(=O)(O)O)[C@@H](O)[C@H]3O)c2n1. The molecule has 1 aliphatic rings. The molecule has 228 valence electrons. The second-order valence-electron chi connectivity index (χ2n) is 8.55. The van der Waals surface area contributed by atoms with E-state index in [1.165, 1.54) is 22.7 Å². The van der Waals surface area contributed by atoms with Gasteiger partial charge in [-0.15, -0.1) is 0 Å². The summed E-state index contributed by atoms with van der Waals surface area (Å²) in [5.74, 6) is 0.803. The minimum atomic E-state index is -5.73. The smallest absolute Gasteiger partial charge is 0.387 e. The quantitative estimate of drug-likeness (QED) is 0.0525. The number of phosphoric acid groups is 3. The van der Waals surface area contributed by atoms with E-state index < -0.39 is 54.6 Å². The fourth-order valence-electron chi connectivity index (χ4n) is 3.68. The van der Waals surface area contributed by atoms with Crippen LogP contribution in [0.4, 0.5) is 5.82 Å². The number of aliphatic hydroxyl groups excluding tert-OH is 2. The molecule has 23 heteroatoms. The van der Waals surface area contributed by atoms with Gasteiger partial charge in [0.05, 0.1) is 12.9 Å². The fraction of sp³-hybridized carbons (Fsp3) is 0.706. The number of nitrogen functional groups attached to an aromatic ring is 1. The van der Waals surface area contributed by atoms with Gasteiger partial charge in [-0.25, -0.2) is 28.6 Å². The van der Waals surface area contributed by atoms with Gasteiger partial charge in [0.2, 0.25) is 0 Å². The van der Waals surface area contributed by atoms with Crippen molar-refractivity contribution in [2.24, 2.45) is 5.73 Å². The van der Waals surface area contributed by atoms with Gasteiger partial charge in [0, 0.05) is 5.75 Å². The third kappa shape index (κ3) is 9.49. The Morgan fingerprint density at radius 1 is 0.975 bits per heavy atom. The van der Waals surface area contributed by atoms with Crippen LogP contribution >= 0.6 is 35.2 Å². The summed E-state index contributed by atoms with van der Waals surface area (Å²) in [6, 6.07) is 0. The Morgan fingerprint density at radius 3 is 2.33 bits per heavy atom. The molecule has 3 unspecified atom stereocenters. The molecule has 6 atom stereocenters. The van der Waals surface area contributed by atoms with E-state index in [1.54, 1.807) is 0 Å². The van der Waals surface area contributed by atoms with Crippen molar-refractivity contribution in [3.63, 3.8) is 0 Å². The van der Waals surface area contributed by atoms with Gasteiger partial charge in [-0.2, -0.15) is 8.62 Å². The summed E-state index contributed by atoms with van der Waals surface area (Å²) >= 11 is 1.37. The van der Waals surface area contributed by atoms with E-state index in [2.05, 4.69) is 28.1 Å². The average molecular weight is 652 g/mol. The Balaban J connectivity index is 1.65. The van der Waals surface area contributed by atoms with Crippen LogP contribution in [-0.2, 0) is 31.6 Å². The third-order valence-corrected chi connectivity index (χ3v) is 10.2. The number of rotatable bonds is 16. The number of ether oxygens (including phenoxy) is 1. The van der Waals surface area contributed by atoms with Crippen LogP contribution in [0.3, 0.4) is 0 Å². The van der Waals surface area contributed by atoms with Gasteiger partial charge in [-0.05, 0) is 19.4 Å². The molecule has 1 saturated heterocycles. The lowest BCUT2D eigenvalue weighted by Gasteiger charge is -2.19. The van der Waals surface area contributed by atoms with Crippen molar-refractivity contribution in [2.75, 3.05) is 24.6 Å². The molecule has 3 heterocycles. The summed E-state index contributed by atoms with van der Waals surface area (Å²) < 4.78 is 52.8. The molecule has 2 aromatic rings. The van der Waals surface area contributed by atoms with Gasteiger partial charge in [-0.1, -0.05) is 31.0 Å². The van der Waals surface area contributed by atoms with Crippen LogP contribution in [0.5, 0.6) is 0 Å². The van der Waals surface area contributed by atoms with E-state index in [0.29, 0.717) is 11.7 Å². The van der Waals surface area contributed by atoms with E-state index in [9.17, 15) is 33.7 Å². The largest absolute Gasteiger partial charge is 0.490 e. The van der Waals surface area contributed by atoms with E-state index in [4.69, 9.17) is 26.0 Å². The Morgan fingerprint density at radius 2 is 1.65 bits per heavy atom. The van der Waals surface area contributed by atoms with E-state index >= 15 is 0 Å². The molecule has 0 bridgehead atoms. The van der Waals surface area contributed by atoms with E-state index in [0.717, 1.165) is 37.9 Å². The summed E-state index contributed by atoms with van der Waals surface area (Å²) in [4.78, 5) is 48.9. The predicted octanol–water partition coefficient (Wildman–Crippen LogP) is 0.372. The molecule has 0 saturated carbocycles. The number of aromatic nitrogens is 4. The number of thioether (sulfide) groups is 1. The zero-order valence-corrected chi connectivity index (χ0v) is 24.3. The summed E-state index contributed by atoms with van der Waals surface area (Å²) in [5.41, 5.74) is 11.9. The van der Waals surface area contributed by atoms with Crippen molar-refractivity contribution < 1.29 is 61.4 Å². The molecule has 1 fully saturated rings. The molecule has 2 aromatic heterocycles. The molecule has 19 nitrogen and oxygen atoms in total. The number of hydrogen-bond acceptors (Lipinski definition) is 15. The average Bonchev–Trinajstić information content (AvgIpc) is 3.36. The van der Waals surface area contributed by atoms with Gasteiger partial charge in [-0.3, -0.25) is 9.09 Å². The second-order valence-corrected chi connectivity index (χ2v) is 14.0. The Labute approximate surface area is 231 Å². The van der Waals surface area contributed by atoms with Crippen molar-refractivity contribution in [1.82, 2.24) is 19.5 Å². The topological polar surface area (TPSA) is 305 Å². The number of unbranched alkanes of at least 4 members (excludes halogenated alkanes) is 4. The number of phosphoric ester groups is 1.